The topological polar surface area (TPSA) is 68.2 Å². The average molecular weight is 330 g/mol. The number of nitrogens with zero attached hydrogens (tertiary/aromatic N) is 2. The molecule has 24 heavy (non-hydrogen) atoms. The molecule has 0 unspecified atom stereocenters. The van der Waals surface area contributed by atoms with Crippen molar-refractivity contribution in [3.63, 3.8) is 0 Å². The largest absolute Gasteiger partial charge is 0.379 e. The zero-order valence-electron chi connectivity index (χ0n) is 14.7. The van der Waals surface area contributed by atoms with E-state index < -0.39 is 0 Å². The van der Waals surface area contributed by atoms with Gasteiger partial charge in [-0.15, -0.1) is 0 Å². The number of hydrogen-bond acceptors (Lipinski definition) is 3. The van der Waals surface area contributed by atoms with E-state index in [-0.39, 0.29) is 17.7 Å². The monoisotopic (exact) mass is 330 g/mol. The molecule has 2 aromatic rings. The molecule has 0 aliphatic heterocycles. The summed E-state index contributed by atoms with van der Waals surface area (Å²) in [6, 6.07) is 7.75. The molecular formula is C18H26N4O2. The van der Waals surface area contributed by atoms with E-state index in [0.29, 0.717) is 6.54 Å². The van der Waals surface area contributed by atoms with Gasteiger partial charge in [0.1, 0.15) is 0 Å². The molecule has 1 atom stereocenters. The van der Waals surface area contributed by atoms with Gasteiger partial charge in [0.25, 0.3) is 0 Å². The molecule has 0 saturated carbocycles. The van der Waals surface area contributed by atoms with Gasteiger partial charge in [-0.2, -0.15) is 0 Å². The van der Waals surface area contributed by atoms with Gasteiger partial charge in [0.05, 0.1) is 17.6 Å². The van der Waals surface area contributed by atoms with Crippen molar-refractivity contribution in [2.75, 3.05) is 7.11 Å². The molecule has 0 aliphatic rings. The predicted octanol–water partition coefficient (Wildman–Crippen LogP) is 2.88. The maximum absolute atomic E-state index is 12.1. The fourth-order valence-electron chi connectivity index (χ4n) is 2.64. The Morgan fingerprint density at radius 1 is 1.38 bits per heavy atom. The molecule has 2 rings (SSSR count). The van der Waals surface area contributed by atoms with Crippen LogP contribution >= 0.6 is 0 Å². The SMILES string of the molecule is COC(C)(C)C[C@@H](C)NC(=O)NCc1ccccc1-n1ccnc1. The Balaban J connectivity index is 1.91. The molecule has 130 valence electrons. The summed E-state index contributed by atoms with van der Waals surface area (Å²) in [5.74, 6) is 0. The van der Waals surface area contributed by atoms with Crippen molar-refractivity contribution >= 4 is 6.03 Å². The maximum atomic E-state index is 12.1. The Hall–Kier alpha value is -2.34. The zero-order valence-corrected chi connectivity index (χ0v) is 14.7. The third-order valence-electron chi connectivity index (χ3n) is 3.94. The molecule has 0 saturated heterocycles. The molecule has 0 fully saturated rings. The number of methoxy groups -OCH3 is 1. The summed E-state index contributed by atoms with van der Waals surface area (Å²) >= 11 is 0. The van der Waals surface area contributed by atoms with Crippen molar-refractivity contribution in [3.8, 4) is 5.69 Å². The van der Waals surface area contributed by atoms with Gasteiger partial charge in [0.2, 0.25) is 0 Å². The van der Waals surface area contributed by atoms with Crippen LogP contribution in [0.3, 0.4) is 0 Å². The van der Waals surface area contributed by atoms with Crippen LogP contribution in [0.1, 0.15) is 32.8 Å². The van der Waals surface area contributed by atoms with E-state index >= 15 is 0 Å². The van der Waals surface area contributed by atoms with Crippen molar-refractivity contribution < 1.29 is 9.53 Å². The van der Waals surface area contributed by atoms with Crippen LogP contribution in [0, 0.1) is 0 Å². The highest BCUT2D eigenvalue weighted by Gasteiger charge is 2.21. The third-order valence-corrected chi connectivity index (χ3v) is 3.94. The molecule has 0 spiro atoms. The van der Waals surface area contributed by atoms with Gasteiger partial charge >= 0.3 is 6.03 Å². The zero-order chi connectivity index (χ0) is 17.6. The number of rotatable bonds is 7. The van der Waals surface area contributed by atoms with Crippen LogP contribution in [0.2, 0.25) is 0 Å². The smallest absolute Gasteiger partial charge is 0.315 e. The molecule has 0 bridgehead atoms. The van der Waals surface area contributed by atoms with Crippen LogP contribution in [0.5, 0.6) is 0 Å². The summed E-state index contributed by atoms with van der Waals surface area (Å²) in [5, 5.41) is 5.86. The van der Waals surface area contributed by atoms with Crippen LogP contribution in [-0.2, 0) is 11.3 Å². The maximum Gasteiger partial charge on any atom is 0.315 e. The van der Waals surface area contributed by atoms with Gasteiger partial charge in [-0.3, -0.25) is 0 Å². The summed E-state index contributed by atoms with van der Waals surface area (Å²) in [4.78, 5) is 16.2. The van der Waals surface area contributed by atoms with Crippen LogP contribution in [0.25, 0.3) is 5.69 Å². The fourth-order valence-corrected chi connectivity index (χ4v) is 2.64. The van der Waals surface area contributed by atoms with Gasteiger partial charge in [0, 0.05) is 32.1 Å². The summed E-state index contributed by atoms with van der Waals surface area (Å²) < 4.78 is 7.33. The second-order valence-corrected chi connectivity index (χ2v) is 6.49. The van der Waals surface area contributed by atoms with E-state index in [0.717, 1.165) is 17.7 Å². The highest BCUT2D eigenvalue weighted by atomic mass is 16.5. The minimum atomic E-state index is -0.263. The Bertz CT molecular complexity index is 653. The number of hydrogen-bond donors (Lipinski definition) is 2. The normalized spacial score (nSPS) is 12.7. The first kappa shape index (κ1) is 18.0. The van der Waals surface area contributed by atoms with E-state index in [4.69, 9.17) is 4.74 Å². The van der Waals surface area contributed by atoms with Crippen molar-refractivity contribution in [3.05, 3.63) is 48.5 Å². The highest BCUT2D eigenvalue weighted by molar-refractivity contribution is 5.74. The van der Waals surface area contributed by atoms with Crippen LogP contribution in [0.15, 0.2) is 43.0 Å². The second-order valence-electron chi connectivity index (χ2n) is 6.49. The molecular weight excluding hydrogens is 304 g/mol. The summed E-state index contributed by atoms with van der Waals surface area (Å²) in [6.45, 7) is 6.43. The van der Waals surface area contributed by atoms with Crippen molar-refractivity contribution in [2.45, 2.75) is 45.4 Å². The molecule has 1 aromatic heterocycles. The van der Waals surface area contributed by atoms with Crippen molar-refractivity contribution in [1.29, 1.82) is 0 Å². The fraction of sp³-hybridized carbons (Fsp3) is 0.444. The third kappa shape index (κ3) is 5.09. The second kappa shape index (κ2) is 7.97. The minimum Gasteiger partial charge on any atom is -0.379 e. The average Bonchev–Trinajstić information content (AvgIpc) is 3.07. The number of ether oxygens (including phenoxy) is 1. The highest BCUT2D eigenvalue weighted by Crippen LogP contribution is 2.16. The molecule has 1 aromatic carbocycles. The number of nitrogens with one attached hydrogen (secondary N) is 2. The molecule has 0 radical (unpaired) electrons. The quantitative estimate of drug-likeness (QED) is 0.820. The lowest BCUT2D eigenvalue weighted by atomic mass is 10.00. The van der Waals surface area contributed by atoms with E-state index in [1.807, 2.05) is 55.8 Å². The van der Waals surface area contributed by atoms with Crippen molar-refractivity contribution in [1.82, 2.24) is 20.2 Å². The number of para-hydroxylation sites is 1. The van der Waals surface area contributed by atoms with Gasteiger partial charge in [0.15, 0.2) is 0 Å². The first-order chi connectivity index (χ1) is 11.4. The van der Waals surface area contributed by atoms with E-state index in [1.54, 1.807) is 19.6 Å². The Morgan fingerprint density at radius 3 is 2.79 bits per heavy atom. The number of carbonyl (C=O) groups excluding carboxylic acids is 1. The Labute approximate surface area is 143 Å². The first-order valence-corrected chi connectivity index (χ1v) is 8.07. The predicted molar refractivity (Wildman–Crippen MR) is 94.1 cm³/mol. The number of carbonyl (C=O) groups is 1. The molecule has 2 N–H and O–H groups in total. The van der Waals surface area contributed by atoms with Gasteiger partial charge in [-0.1, -0.05) is 18.2 Å². The van der Waals surface area contributed by atoms with Crippen LogP contribution < -0.4 is 10.6 Å². The molecule has 0 aliphatic carbocycles. The summed E-state index contributed by atoms with van der Waals surface area (Å²) in [5.41, 5.74) is 1.76. The molecule has 1 heterocycles. The standard InChI is InChI=1S/C18H26N4O2/c1-14(11-18(2,3)24-4)21-17(23)20-12-15-7-5-6-8-16(15)22-10-9-19-13-22/h5-10,13-14H,11-12H2,1-4H3,(H2,20,21,23)/t14-/m1/s1. The molecule has 6 nitrogen and oxygen atoms in total. The van der Waals surface area contributed by atoms with Crippen molar-refractivity contribution in [2.24, 2.45) is 0 Å². The number of amides is 2. The molecule has 2 amide bonds. The summed E-state index contributed by atoms with van der Waals surface area (Å²) in [6.07, 6.45) is 6.10. The van der Waals surface area contributed by atoms with E-state index in [9.17, 15) is 4.79 Å². The van der Waals surface area contributed by atoms with Gasteiger partial charge in [-0.05, 0) is 38.8 Å². The number of urea groups is 1. The van der Waals surface area contributed by atoms with Gasteiger partial charge < -0.3 is 19.9 Å². The van der Waals surface area contributed by atoms with E-state index in [2.05, 4.69) is 15.6 Å². The first-order valence-electron chi connectivity index (χ1n) is 8.07. The number of imidazole rings is 1. The van der Waals surface area contributed by atoms with E-state index in [1.165, 1.54) is 0 Å². The lowest BCUT2D eigenvalue weighted by molar-refractivity contribution is 0.00950. The van der Waals surface area contributed by atoms with Crippen LogP contribution in [-0.4, -0.2) is 34.3 Å². The lowest BCUT2D eigenvalue weighted by Gasteiger charge is -2.27. The number of benzene rings is 1. The van der Waals surface area contributed by atoms with Crippen LogP contribution in [0.4, 0.5) is 4.79 Å². The summed E-state index contributed by atoms with van der Waals surface area (Å²) in [7, 11) is 1.68. The molecule has 6 heteroatoms. The Morgan fingerprint density at radius 2 is 2.12 bits per heavy atom. The number of aromatic nitrogens is 2. The Kier molecular flexibility index (Phi) is 5.98. The van der Waals surface area contributed by atoms with Gasteiger partial charge in [-0.25, -0.2) is 9.78 Å². The lowest BCUT2D eigenvalue weighted by Crippen LogP contribution is -2.43. The minimum absolute atomic E-state index is 0.0174.